The van der Waals surface area contributed by atoms with Crippen molar-refractivity contribution in [3.05, 3.63) is 72.6 Å². The van der Waals surface area contributed by atoms with E-state index in [-0.39, 0.29) is 0 Å². The molecule has 0 aliphatic heterocycles. The highest BCUT2D eigenvalue weighted by atomic mass is 14.7. The highest BCUT2D eigenvalue weighted by molar-refractivity contribution is 5.70. The van der Waals surface area contributed by atoms with Gasteiger partial charge in [-0.25, -0.2) is 0 Å². The first kappa shape index (κ1) is 11.6. The van der Waals surface area contributed by atoms with Gasteiger partial charge >= 0.3 is 0 Å². The van der Waals surface area contributed by atoms with Crippen molar-refractivity contribution < 1.29 is 0 Å². The van der Waals surface area contributed by atoms with Gasteiger partial charge in [-0.3, -0.25) is 9.97 Å². The SMILES string of the molecule is Cc1cc(-c2ccccn2)cc(-c2ccccn2)c1. The van der Waals surface area contributed by atoms with Crippen LogP contribution in [0.25, 0.3) is 22.5 Å². The number of hydrogen-bond donors (Lipinski definition) is 0. The van der Waals surface area contributed by atoms with Crippen LogP contribution < -0.4 is 0 Å². The molecule has 3 aromatic rings. The Morgan fingerprint density at radius 2 is 1.21 bits per heavy atom. The van der Waals surface area contributed by atoms with Crippen LogP contribution in [0.1, 0.15) is 5.56 Å². The minimum Gasteiger partial charge on any atom is -0.256 e. The van der Waals surface area contributed by atoms with E-state index in [9.17, 15) is 0 Å². The molecule has 0 N–H and O–H groups in total. The topological polar surface area (TPSA) is 25.8 Å². The van der Waals surface area contributed by atoms with E-state index in [4.69, 9.17) is 0 Å². The van der Waals surface area contributed by atoms with Crippen LogP contribution in [0.15, 0.2) is 67.0 Å². The van der Waals surface area contributed by atoms with Crippen LogP contribution >= 0.6 is 0 Å². The molecule has 0 saturated heterocycles. The quantitative estimate of drug-likeness (QED) is 0.679. The summed E-state index contributed by atoms with van der Waals surface area (Å²) < 4.78 is 0. The monoisotopic (exact) mass is 246 g/mol. The number of rotatable bonds is 2. The molecule has 0 aliphatic rings. The Morgan fingerprint density at radius 1 is 0.684 bits per heavy atom. The summed E-state index contributed by atoms with van der Waals surface area (Å²) in [5.41, 5.74) is 5.44. The Morgan fingerprint density at radius 3 is 1.63 bits per heavy atom. The molecule has 0 fully saturated rings. The normalized spacial score (nSPS) is 10.4. The molecule has 3 rings (SSSR count). The van der Waals surface area contributed by atoms with Gasteiger partial charge < -0.3 is 0 Å². The fraction of sp³-hybridized carbons (Fsp3) is 0.0588. The van der Waals surface area contributed by atoms with Gasteiger partial charge in [-0.2, -0.15) is 0 Å². The van der Waals surface area contributed by atoms with E-state index in [1.54, 1.807) is 0 Å². The lowest BCUT2D eigenvalue weighted by atomic mass is 10.0. The van der Waals surface area contributed by atoms with E-state index in [2.05, 4.69) is 35.1 Å². The van der Waals surface area contributed by atoms with Crippen molar-refractivity contribution in [2.75, 3.05) is 0 Å². The predicted octanol–water partition coefficient (Wildman–Crippen LogP) is 4.12. The van der Waals surface area contributed by atoms with Crippen LogP contribution in [-0.4, -0.2) is 9.97 Å². The van der Waals surface area contributed by atoms with Gasteiger partial charge in [-0.05, 0) is 55.0 Å². The molecular weight excluding hydrogens is 232 g/mol. The molecule has 0 amide bonds. The molecule has 0 saturated carbocycles. The minimum absolute atomic E-state index is 0.989. The number of pyridine rings is 2. The molecule has 19 heavy (non-hydrogen) atoms. The number of aromatic nitrogens is 2. The molecule has 0 spiro atoms. The maximum Gasteiger partial charge on any atom is 0.0702 e. The molecule has 0 atom stereocenters. The fourth-order valence-electron chi connectivity index (χ4n) is 2.15. The first-order valence-corrected chi connectivity index (χ1v) is 6.27. The Balaban J connectivity index is 2.12. The molecule has 0 bridgehead atoms. The van der Waals surface area contributed by atoms with Crippen LogP contribution in [0.5, 0.6) is 0 Å². The molecule has 2 nitrogen and oxygen atoms in total. The summed E-state index contributed by atoms with van der Waals surface area (Å²) >= 11 is 0. The summed E-state index contributed by atoms with van der Waals surface area (Å²) in [4.78, 5) is 8.81. The average Bonchev–Trinajstić information content (AvgIpc) is 2.48. The zero-order chi connectivity index (χ0) is 13.1. The molecule has 0 radical (unpaired) electrons. The Kier molecular flexibility index (Phi) is 3.07. The lowest BCUT2D eigenvalue weighted by molar-refractivity contribution is 1.30. The first-order chi connectivity index (χ1) is 9.33. The summed E-state index contributed by atoms with van der Waals surface area (Å²) in [6, 6.07) is 18.4. The van der Waals surface area contributed by atoms with Crippen molar-refractivity contribution in [2.45, 2.75) is 6.92 Å². The molecule has 0 unspecified atom stereocenters. The van der Waals surface area contributed by atoms with E-state index >= 15 is 0 Å². The van der Waals surface area contributed by atoms with Gasteiger partial charge in [0.2, 0.25) is 0 Å². The average molecular weight is 246 g/mol. The maximum atomic E-state index is 4.40. The van der Waals surface area contributed by atoms with Crippen LogP contribution in [0.2, 0.25) is 0 Å². The predicted molar refractivity (Wildman–Crippen MR) is 77.6 cm³/mol. The zero-order valence-electron chi connectivity index (χ0n) is 10.7. The highest BCUT2D eigenvalue weighted by Gasteiger charge is 2.04. The molecular formula is C17H14N2. The number of aryl methyl sites for hydroxylation is 1. The minimum atomic E-state index is 0.989. The third kappa shape index (κ3) is 2.52. The molecule has 2 aromatic heterocycles. The van der Waals surface area contributed by atoms with Crippen molar-refractivity contribution in [3.8, 4) is 22.5 Å². The van der Waals surface area contributed by atoms with Crippen LogP contribution in [0.4, 0.5) is 0 Å². The Bertz CT molecular complexity index is 618. The van der Waals surface area contributed by atoms with E-state index in [1.165, 1.54) is 5.56 Å². The molecule has 2 heteroatoms. The highest BCUT2D eigenvalue weighted by Crippen LogP contribution is 2.25. The number of nitrogens with zero attached hydrogens (tertiary/aromatic N) is 2. The second kappa shape index (κ2) is 5.02. The molecule has 0 aliphatic carbocycles. The van der Waals surface area contributed by atoms with E-state index < -0.39 is 0 Å². The van der Waals surface area contributed by atoms with Gasteiger partial charge in [0.15, 0.2) is 0 Å². The van der Waals surface area contributed by atoms with Crippen molar-refractivity contribution in [1.82, 2.24) is 9.97 Å². The summed E-state index contributed by atoms with van der Waals surface area (Å²) in [5, 5.41) is 0. The van der Waals surface area contributed by atoms with Crippen molar-refractivity contribution in [1.29, 1.82) is 0 Å². The lowest BCUT2D eigenvalue weighted by Gasteiger charge is -2.07. The number of hydrogen-bond acceptors (Lipinski definition) is 2. The van der Waals surface area contributed by atoms with E-state index in [0.29, 0.717) is 0 Å². The van der Waals surface area contributed by atoms with Crippen LogP contribution in [0.3, 0.4) is 0 Å². The molecule has 92 valence electrons. The zero-order valence-corrected chi connectivity index (χ0v) is 10.7. The Labute approximate surface area is 112 Å². The smallest absolute Gasteiger partial charge is 0.0702 e. The standard InChI is InChI=1S/C17H14N2/c1-13-10-14(16-6-2-4-8-18-16)12-15(11-13)17-7-3-5-9-19-17/h2-12H,1H3. The Hall–Kier alpha value is -2.48. The van der Waals surface area contributed by atoms with Gasteiger partial charge in [0, 0.05) is 23.5 Å². The number of benzene rings is 1. The van der Waals surface area contributed by atoms with E-state index in [1.807, 2.05) is 48.8 Å². The maximum absolute atomic E-state index is 4.40. The summed E-state index contributed by atoms with van der Waals surface area (Å²) in [6.07, 6.45) is 3.64. The van der Waals surface area contributed by atoms with Crippen LogP contribution in [0, 0.1) is 6.92 Å². The van der Waals surface area contributed by atoms with Gasteiger partial charge in [-0.1, -0.05) is 12.1 Å². The molecule has 2 heterocycles. The third-order valence-electron chi connectivity index (χ3n) is 3.00. The summed E-state index contributed by atoms with van der Waals surface area (Å²) in [5.74, 6) is 0. The second-order valence-electron chi connectivity index (χ2n) is 4.52. The van der Waals surface area contributed by atoms with Gasteiger partial charge in [0.1, 0.15) is 0 Å². The first-order valence-electron chi connectivity index (χ1n) is 6.27. The van der Waals surface area contributed by atoms with Crippen LogP contribution in [-0.2, 0) is 0 Å². The van der Waals surface area contributed by atoms with E-state index in [0.717, 1.165) is 22.5 Å². The van der Waals surface area contributed by atoms with Crippen molar-refractivity contribution in [2.24, 2.45) is 0 Å². The van der Waals surface area contributed by atoms with Crippen molar-refractivity contribution >= 4 is 0 Å². The van der Waals surface area contributed by atoms with Gasteiger partial charge in [0.05, 0.1) is 11.4 Å². The third-order valence-corrected chi connectivity index (χ3v) is 3.00. The summed E-state index contributed by atoms with van der Waals surface area (Å²) in [6.45, 7) is 2.10. The summed E-state index contributed by atoms with van der Waals surface area (Å²) in [7, 11) is 0. The molecule has 1 aromatic carbocycles. The van der Waals surface area contributed by atoms with Gasteiger partial charge in [0.25, 0.3) is 0 Å². The lowest BCUT2D eigenvalue weighted by Crippen LogP contribution is -1.87. The largest absolute Gasteiger partial charge is 0.256 e. The van der Waals surface area contributed by atoms with Gasteiger partial charge in [-0.15, -0.1) is 0 Å². The second-order valence-corrected chi connectivity index (χ2v) is 4.52. The van der Waals surface area contributed by atoms with Crippen molar-refractivity contribution in [3.63, 3.8) is 0 Å². The fourth-order valence-corrected chi connectivity index (χ4v) is 2.15.